The van der Waals surface area contributed by atoms with Crippen LogP contribution in [0.5, 0.6) is 0 Å². The van der Waals surface area contributed by atoms with Gasteiger partial charge in [-0.15, -0.1) is 0 Å². The van der Waals surface area contributed by atoms with Gasteiger partial charge in [0.15, 0.2) is 5.82 Å². The molecule has 0 radical (unpaired) electrons. The minimum atomic E-state index is 0.258. The summed E-state index contributed by atoms with van der Waals surface area (Å²) in [4.78, 5) is 6.41. The van der Waals surface area contributed by atoms with E-state index in [1.165, 1.54) is 0 Å². The molecule has 1 aliphatic heterocycles. The van der Waals surface area contributed by atoms with Crippen molar-refractivity contribution in [2.45, 2.75) is 18.9 Å². The average Bonchev–Trinajstić information content (AvgIpc) is 2.32. The van der Waals surface area contributed by atoms with E-state index in [0.29, 0.717) is 10.8 Å². The number of methoxy groups -OCH3 is 1. The molecule has 0 bridgehead atoms. The lowest BCUT2D eigenvalue weighted by Crippen LogP contribution is -2.40. The summed E-state index contributed by atoms with van der Waals surface area (Å²) in [6.07, 6.45) is 2.44. The zero-order valence-corrected chi connectivity index (χ0v) is 10.1. The molecule has 1 aromatic heterocycles. The topological polar surface area (TPSA) is 51.4 Å². The van der Waals surface area contributed by atoms with Crippen molar-refractivity contribution in [2.75, 3.05) is 30.8 Å². The molecule has 1 aromatic rings. The molecule has 4 nitrogen and oxygen atoms in total. The predicted molar refractivity (Wildman–Crippen MR) is 65.9 cm³/mol. The Hall–Kier alpha value is -1.00. The highest BCUT2D eigenvalue weighted by Crippen LogP contribution is 2.26. The Morgan fingerprint density at radius 2 is 2.38 bits per heavy atom. The minimum Gasteiger partial charge on any atom is -0.396 e. The molecule has 0 amide bonds. The van der Waals surface area contributed by atoms with Gasteiger partial charge in [-0.05, 0) is 25.0 Å². The fraction of sp³-hybridized carbons (Fsp3) is 0.545. The lowest BCUT2D eigenvalue weighted by molar-refractivity contribution is 0.0892. The normalized spacial score (nSPS) is 21.1. The zero-order chi connectivity index (χ0) is 11.5. The van der Waals surface area contributed by atoms with Gasteiger partial charge in [0.1, 0.15) is 5.15 Å². The van der Waals surface area contributed by atoms with Gasteiger partial charge in [-0.3, -0.25) is 0 Å². The van der Waals surface area contributed by atoms with Crippen molar-refractivity contribution in [3.8, 4) is 0 Å². The molecule has 0 aromatic carbocycles. The maximum absolute atomic E-state index is 5.90. The molecule has 1 fully saturated rings. The van der Waals surface area contributed by atoms with Gasteiger partial charge in [-0.1, -0.05) is 11.6 Å². The molecule has 1 atom stereocenters. The summed E-state index contributed by atoms with van der Waals surface area (Å²) in [5.74, 6) is 0.772. The molecule has 2 rings (SSSR count). The van der Waals surface area contributed by atoms with Crippen LogP contribution in [0.2, 0.25) is 5.15 Å². The van der Waals surface area contributed by atoms with Gasteiger partial charge in [-0.25, -0.2) is 4.98 Å². The van der Waals surface area contributed by atoms with Crippen molar-refractivity contribution in [1.82, 2.24) is 4.98 Å². The standard InChI is InChI=1S/C11H16ClN3O/c1-16-8-3-2-6-15(7-8)11-9(13)4-5-10(12)14-11/h4-5,8H,2-3,6-7,13H2,1H3. The highest BCUT2D eigenvalue weighted by atomic mass is 35.5. The minimum absolute atomic E-state index is 0.258. The first-order chi connectivity index (χ1) is 7.70. The number of nitrogen functional groups attached to an aromatic ring is 1. The monoisotopic (exact) mass is 241 g/mol. The molecule has 16 heavy (non-hydrogen) atoms. The van der Waals surface area contributed by atoms with Crippen LogP contribution in [-0.2, 0) is 4.74 Å². The lowest BCUT2D eigenvalue weighted by Gasteiger charge is -2.33. The van der Waals surface area contributed by atoms with E-state index in [1.54, 1.807) is 19.2 Å². The number of ether oxygens (including phenoxy) is 1. The van der Waals surface area contributed by atoms with Crippen molar-refractivity contribution in [2.24, 2.45) is 0 Å². The molecule has 1 unspecified atom stereocenters. The molecule has 88 valence electrons. The number of aromatic nitrogens is 1. The molecule has 1 saturated heterocycles. The smallest absolute Gasteiger partial charge is 0.153 e. The Balaban J connectivity index is 2.19. The van der Waals surface area contributed by atoms with E-state index in [2.05, 4.69) is 9.88 Å². The van der Waals surface area contributed by atoms with Crippen molar-refractivity contribution in [3.05, 3.63) is 17.3 Å². The SMILES string of the molecule is COC1CCCN(c2nc(Cl)ccc2N)C1. The predicted octanol–water partition coefficient (Wildman–Crippen LogP) is 1.93. The summed E-state index contributed by atoms with van der Waals surface area (Å²) in [6, 6.07) is 3.50. The van der Waals surface area contributed by atoms with Gasteiger partial charge in [0.25, 0.3) is 0 Å². The fourth-order valence-corrected chi connectivity index (χ4v) is 2.16. The van der Waals surface area contributed by atoms with E-state index in [9.17, 15) is 0 Å². The lowest BCUT2D eigenvalue weighted by atomic mass is 10.1. The quantitative estimate of drug-likeness (QED) is 0.804. The third-order valence-electron chi connectivity index (χ3n) is 2.88. The summed E-state index contributed by atoms with van der Waals surface area (Å²) in [5.41, 5.74) is 6.57. The molecule has 1 aliphatic rings. The van der Waals surface area contributed by atoms with E-state index in [0.717, 1.165) is 31.7 Å². The van der Waals surface area contributed by atoms with Gasteiger partial charge in [-0.2, -0.15) is 0 Å². The van der Waals surface area contributed by atoms with Crippen LogP contribution in [0, 0.1) is 0 Å². The number of hydrogen-bond donors (Lipinski definition) is 1. The second kappa shape index (κ2) is 4.89. The second-order valence-corrected chi connectivity index (χ2v) is 4.38. The number of pyridine rings is 1. The van der Waals surface area contributed by atoms with E-state index in [4.69, 9.17) is 22.1 Å². The van der Waals surface area contributed by atoms with Crippen LogP contribution < -0.4 is 10.6 Å². The van der Waals surface area contributed by atoms with Crippen molar-refractivity contribution in [3.63, 3.8) is 0 Å². The van der Waals surface area contributed by atoms with Crippen molar-refractivity contribution in [1.29, 1.82) is 0 Å². The number of hydrogen-bond acceptors (Lipinski definition) is 4. The number of piperidine rings is 1. The van der Waals surface area contributed by atoms with Crippen LogP contribution in [-0.4, -0.2) is 31.3 Å². The van der Waals surface area contributed by atoms with Gasteiger partial charge in [0.2, 0.25) is 0 Å². The number of halogens is 1. The Labute approximate surface area is 100 Å². The average molecular weight is 242 g/mol. The highest BCUT2D eigenvalue weighted by molar-refractivity contribution is 6.29. The first-order valence-electron chi connectivity index (χ1n) is 5.40. The number of nitrogens with two attached hydrogens (primary N) is 1. The largest absolute Gasteiger partial charge is 0.396 e. The second-order valence-electron chi connectivity index (χ2n) is 3.99. The molecule has 0 saturated carbocycles. The van der Waals surface area contributed by atoms with Crippen LogP contribution in [0.15, 0.2) is 12.1 Å². The first-order valence-corrected chi connectivity index (χ1v) is 5.78. The molecular formula is C11H16ClN3O. The van der Waals surface area contributed by atoms with E-state index in [1.807, 2.05) is 0 Å². The number of anilines is 2. The molecule has 0 spiro atoms. The fourth-order valence-electron chi connectivity index (χ4n) is 2.01. The van der Waals surface area contributed by atoms with Gasteiger partial charge >= 0.3 is 0 Å². The van der Waals surface area contributed by atoms with Crippen molar-refractivity contribution < 1.29 is 4.74 Å². The number of rotatable bonds is 2. The highest BCUT2D eigenvalue weighted by Gasteiger charge is 2.22. The summed E-state index contributed by atoms with van der Waals surface area (Å²) >= 11 is 5.88. The maximum Gasteiger partial charge on any atom is 0.153 e. The van der Waals surface area contributed by atoms with Crippen LogP contribution in [0.1, 0.15) is 12.8 Å². The zero-order valence-electron chi connectivity index (χ0n) is 9.32. The summed E-state index contributed by atoms with van der Waals surface area (Å²) in [6.45, 7) is 1.78. The Morgan fingerprint density at radius 3 is 3.12 bits per heavy atom. The molecule has 0 aliphatic carbocycles. The molecule has 5 heteroatoms. The first kappa shape index (κ1) is 11.5. The Bertz CT molecular complexity index is 372. The summed E-state index contributed by atoms with van der Waals surface area (Å²) in [7, 11) is 1.74. The van der Waals surface area contributed by atoms with Crippen LogP contribution in [0.25, 0.3) is 0 Å². The summed E-state index contributed by atoms with van der Waals surface area (Å²) in [5, 5.41) is 0.476. The van der Waals surface area contributed by atoms with Crippen LogP contribution in [0.4, 0.5) is 11.5 Å². The van der Waals surface area contributed by atoms with Crippen LogP contribution >= 0.6 is 11.6 Å². The Morgan fingerprint density at radius 1 is 1.56 bits per heavy atom. The third kappa shape index (κ3) is 2.39. The van der Waals surface area contributed by atoms with Gasteiger partial charge < -0.3 is 15.4 Å². The Kier molecular flexibility index (Phi) is 3.51. The van der Waals surface area contributed by atoms with E-state index in [-0.39, 0.29) is 6.10 Å². The summed E-state index contributed by atoms with van der Waals surface area (Å²) < 4.78 is 5.37. The van der Waals surface area contributed by atoms with E-state index >= 15 is 0 Å². The van der Waals surface area contributed by atoms with E-state index < -0.39 is 0 Å². The maximum atomic E-state index is 5.90. The van der Waals surface area contributed by atoms with Gasteiger partial charge in [0.05, 0.1) is 11.8 Å². The van der Waals surface area contributed by atoms with Crippen molar-refractivity contribution >= 4 is 23.1 Å². The third-order valence-corrected chi connectivity index (χ3v) is 3.09. The number of nitrogens with zero attached hydrogens (tertiary/aromatic N) is 2. The molecule has 2 heterocycles. The van der Waals surface area contributed by atoms with Gasteiger partial charge in [0, 0.05) is 20.2 Å². The molecular weight excluding hydrogens is 226 g/mol. The molecule has 2 N–H and O–H groups in total. The van der Waals surface area contributed by atoms with Crippen LogP contribution in [0.3, 0.4) is 0 Å².